The molecule has 25 nitrogen and oxygen atoms in total. The molecule has 0 amide bonds. The lowest BCUT2D eigenvalue weighted by molar-refractivity contribution is -0.407. The number of aliphatic carboxylic acids is 1. The normalized spacial score (nSPS) is 53.9. The van der Waals surface area contributed by atoms with E-state index < -0.39 is 173 Å². The lowest BCUT2D eigenvalue weighted by Gasteiger charge is -2.50. The van der Waals surface area contributed by atoms with Crippen molar-refractivity contribution in [2.45, 2.75) is 167 Å². The summed E-state index contributed by atoms with van der Waals surface area (Å²) < 4.78 is 50.1. The van der Waals surface area contributed by atoms with Crippen LogP contribution in [0.15, 0.2) is 0 Å². The fourth-order valence-electron chi connectivity index (χ4n) is 6.84. The molecule has 0 unspecified atom stereocenters. The minimum Gasteiger partial charge on any atom is -0.479 e. The van der Waals surface area contributed by atoms with Gasteiger partial charge in [0.05, 0.1) is 25.4 Å². The molecule has 25 heteroatoms. The molecule has 5 heterocycles. The van der Waals surface area contributed by atoms with Gasteiger partial charge in [0.25, 0.3) is 0 Å². The molecule has 15 N–H and O–H groups in total. The van der Waals surface area contributed by atoms with Crippen molar-refractivity contribution in [1.82, 2.24) is 0 Å². The van der Waals surface area contributed by atoms with Crippen LogP contribution in [0.2, 0.25) is 0 Å². The van der Waals surface area contributed by atoms with Crippen LogP contribution in [0, 0.1) is 0 Å². The van der Waals surface area contributed by atoms with Gasteiger partial charge >= 0.3 is 5.97 Å². The fourth-order valence-corrected chi connectivity index (χ4v) is 6.84. The van der Waals surface area contributed by atoms with E-state index in [9.17, 15) is 81.4 Å². The standard InChI is InChI=1S/C30H50O25/c1-5-9(33)13(37)17(41)27(47-5)53-22-15(39)10(34)6(2)48-29(22)54-23-16(40)12(36)8(4-32)50-30(23)52-20-19(43)21(25(44)45)51-26(46)24(20)55-28-18(42)14(38)11(35)7(3-31)49-28/h5-24,26-43,46H,3-4H2,1-2H3,(H,44,45)/t5-,6-,7+,8+,9-,10-,11+,12-,13+,14-,15+,16-,17+,18+,19-,20-,21-,22+,23+,24+,26+,27-,28-,29-,30-/m0/s1. The Morgan fingerprint density at radius 1 is 0.436 bits per heavy atom. The van der Waals surface area contributed by atoms with Crippen molar-refractivity contribution in [2.75, 3.05) is 13.2 Å². The molecule has 55 heavy (non-hydrogen) atoms. The monoisotopic (exact) mass is 810 g/mol. The second-order valence-corrected chi connectivity index (χ2v) is 14.0. The SMILES string of the molecule is C[C@@H]1O[C@@H](O[C@H]2[C@H](O[C@H]3[C@H](O[C@H]4[C@H](O)[C@@H](C(=O)O)O[C@@H](O)[C@@H]4O[C@@H]4O[C@H](CO)[C@@H](O)[C@H](O)[C@H]4O)O[C@H](CO)[C@H](O)[C@@H]3O)O[C@@H](C)[C@H](O)[C@H]2O)[C@H](O)[C@H](O)[C@H]1O. The van der Waals surface area contributed by atoms with Crippen molar-refractivity contribution >= 4 is 5.97 Å². The Morgan fingerprint density at radius 2 is 0.818 bits per heavy atom. The highest BCUT2D eigenvalue weighted by atomic mass is 16.8. The van der Waals surface area contributed by atoms with Crippen LogP contribution in [0.1, 0.15) is 13.8 Å². The van der Waals surface area contributed by atoms with Gasteiger partial charge in [-0.25, -0.2) is 4.79 Å². The van der Waals surface area contributed by atoms with Gasteiger partial charge < -0.3 is 119 Å². The van der Waals surface area contributed by atoms with Gasteiger partial charge in [0, 0.05) is 0 Å². The summed E-state index contributed by atoms with van der Waals surface area (Å²) in [6.45, 7) is 0.737. The number of carbonyl (C=O) groups is 1. The van der Waals surface area contributed by atoms with E-state index in [1.807, 2.05) is 0 Å². The molecule has 5 fully saturated rings. The highest BCUT2D eigenvalue weighted by molar-refractivity contribution is 5.73. The minimum absolute atomic E-state index is 0.901. The molecule has 5 aliphatic heterocycles. The summed E-state index contributed by atoms with van der Waals surface area (Å²) in [5, 5.41) is 157. The van der Waals surface area contributed by atoms with Gasteiger partial charge in [-0.1, -0.05) is 0 Å². The number of rotatable bonds is 11. The van der Waals surface area contributed by atoms with Crippen molar-refractivity contribution in [2.24, 2.45) is 0 Å². The Kier molecular flexibility index (Phi) is 14.8. The van der Waals surface area contributed by atoms with Gasteiger partial charge in [-0.2, -0.15) is 0 Å². The van der Waals surface area contributed by atoms with Crippen LogP contribution in [-0.2, 0) is 47.4 Å². The van der Waals surface area contributed by atoms with Crippen molar-refractivity contribution in [1.29, 1.82) is 0 Å². The molecule has 0 saturated carbocycles. The predicted molar refractivity (Wildman–Crippen MR) is 164 cm³/mol. The molecule has 0 aromatic carbocycles. The van der Waals surface area contributed by atoms with Crippen molar-refractivity contribution in [3.05, 3.63) is 0 Å². The quantitative estimate of drug-likeness (QED) is 0.0921. The lowest BCUT2D eigenvalue weighted by atomic mass is 9.95. The number of aliphatic hydroxyl groups excluding tert-OH is 14. The summed E-state index contributed by atoms with van der Waals surface area (Å²) in [6.07, 6.45) is -47.4. The molecule has 0 aromatic heterocycles. The Bertz CT molecular complexity index is 1250. The van der Waals surface area contributed by atoms with Crippen LogP contribution in [0.4, 0.5) is 0 Å². The lowest BCUT2D eigenvalue weighted by Crippen LogP contribution is -2.68. The summed E-state index contributed by atoms with van der Waals surface area (Å²) in [5.41, 5.74) is 0. The molecule has 0 spiro atoms. The van der Waals surface area contributed by atoms with Crippen LogP contribution < -0.4 is 0 Å². The first-order valence-electron chi connectivity index (χ1n) is 17.3. The second-order valence-electron chi connectivity index (χ2n) is 14.0. The third-order valence-corrected chi connectivity index (χ3v) is 10.2. The molecule has 5 saturated heterocycles. The van der Waals surface area contributed by atoms with Gasteiger partial charge in [-0.05, 0) is 13.8 Å². The minimum atomic E-state index is -2.34. The number of aliphatic hydroxyl groups is 14. The van der Waals surface area contributed by atoms with Crippen LogP contribution >= 0.6 is 0 Å². The number of ether oxygens (including phenoxy) is 9. The van der Waals surface area contributed by atoms with E-state index in [4.69, 9.17) is 42.6 Å². The van der Waals surface area contributed by atoms with Gasteiger partial charge in [-0.15, -0.1) is 0 Å². The topological polar surface area (TPSA) is 404 Å². The van der Waals surface area contributed by atoms with Crippen LogP contribution in [0.5, 0.6) is 0 Å². The number of hydrogen-bond donors (Lipinski definition) is 15. The first-order valence-corrected chi connectivity index (χ1v) is 17.3. The number of hydrogen-bond acceptors (Lipinski definition) is 24. The van der Waals surface area contributed by atoms with E-state index >= 15 is 0 Å². The smallest absolute Gasteiger partial charge is 0.335 e. The summed E-state index contributed by atoms with van der Waals surface area (Å²) in [5.74, 6) is -1.83. The average Bonchev–Trinajstić information content (AvgIpc) is 3.15. The van der Waals surface area contributed by atoms with E-state index in [0.717, 1.165) is 0 Å². The molecule has 0 bridgehead atoms. The molecule has 320 valence electrons. The maximum atomic E-state index is 12.0. The Hall–Kier alpha value is -1.45. The zero-order chi connectivity index (χ0) is 40.8. The van der Waals surface area contributed by atoms with Crippen LogP contribution in [-0.4, -0.2) is 249 Å². The molecular formula is C30H50O25. The third-order valence-electron chi connectivity index (χ3n) is 10.2. The third kappa shape index (κ3) is 8.94. The predicted octanol–water partition coefficient (Wildman–Crippen LogP) is -9.78. The van der Waals surface area contributed by atoms with Gasteiger partial charge in [-0.3, -0.25) is 0 Å². The molecular weight excluding hydrogens is 760 g/mol. The number of carboxylic acids is 1. The van der Waals surface area contributed by atoms with Crippen molar-refractivity contribution in [3.63, 3.8) is 0 Å². The first kappa shape index (κ1) is 44.6. The zero-order valence-corrected chi connectivity index (χ0v) is 29.1. The zero-order valence-electron chi connectivity index (χ0n) is 29.1. The summed E-state index contributed by atoms with van der Waals surface area (Å²) in [4.78, 5) is 12.0. The average molecular weight is 811 g/mol. The van der Waals surface area contributed by atoms with Crippen molar-refractivity contribution < 1.29 is 124 Å². The molecule has 5 rings (SSSR count). The molecule has 0 radical (unpaired) electrons. The largest absolute Gasteiger partial charge is 0.479 e. The van der Waals surface area contributed by atoms with E-state index in [-0.39, 0.29) is 0 Å². The molecule has 25 atom stereocenters. The van der Waals surface area contributed by atoms with E-state index in [1.165, 1.54) is 13.8 Å². The molecule has 0 aromatic rings. The van der Waals surface area contributed by atoms with Gasteiger partial charge in [0.15, 0.2) is 37.6 Å². The van der Waals surface area contributed by atoms with E-state index in [0.29, 0.717) is 0 Å². The van der Waals surface area contributed by atoms with Crippen molar-refractivity contribution in [3.8, 4) is 0 Å². The van der Waals surface area contributed by atoms with Crippen LogP contribution in [0.3, 0.4) is 0 Å². The molecule has 5 aliphatic rings. The first-order chi connectivity index (χ1) is 25.8. The highest BCUT2D eigenvalue weighted by Gasteiger charge is 2.57. The van der Waals surface area contributed by atoms with Crippen LogP contribution in [0.25, 0.3) is 0 Å². The highest BCUT2D eigenvalue weighted by Crippen LogP contribution is 2.36. The summed E-state index contributed by atoms with van der Waals surface area (Å²) >= 11 is 0. The Balaban J connectivity index is 1.46. The second kappa shape index (κ2) is 18.2. The Morgan fingerprint density at radius 3 is 1.36 bits per heavy atom. The summed E-state index contributed by atoms with van der Waals surface area (Å²) in [6, 6.07) is 0. The van der Waals surface area contributed by atoms with Gasteiger partial charge in [0.2, 0.25) is 0 Å². The van der Waals surface area contributed by atoms with E-state index in [1.54, 1.807) is 0 Å². The maximum absolute atomic E-state index is 12.0. The number of carboxylic acid groups (broad SMARTS) is 1. The van der Waals surface area contributed by atoms with E-state index in [2.05, 4.69) is 0 Å². The summed E-state index contributed by atoms with van der Waals surface area (Å²) in [7, 11) is 0. The molecule has 0 aliphatic carbocycles. The Labute approximate surface area is 310 Å². The fraction of sp³-hybridized carbons (Fsp3) is 0.967. The van der Waals surface area contributed by atoms with Gasteiger partial charge in [0.1, 0.15) is 104 Å². The maximum Gasteiger partial charge on any atom is 0.335 e.